The Hall–Kier alpha value is -2.43. The van der Waals surface area contributed by atoms with Crippen LogP contribution in [0.5, 0.6) is 0 Å². The molecule has 0 aromatic carbocycles. The van der Waals surface area contributed by atoms with E-state index in [0.717, 1.165) is 24.2 Å². The standard InChI is InChI=1S/C13H11N3O2/c17-13(18)12-10-3-1-2-4-11(10)16(15-12)9-5-7-14-8-6-9/h1,3,5-8H,2,4H2,(H,17,18). The number of pyridine rings is 1. The van der Waals surface area contributed by atoms with E-state index in [0.29, 0.717) is 5.56 Å². The minimum absolute atomic E-state index is 0.109. The minimum Gasteiger partial charge on any atom is -0.476 e. The highest BCUT2D eigenvalue weighted by Crippen LogP contribution is 2.25. The fourth-order valence-electron chi connectivity index (χ4n) is 2.16. The number of hydrogen-bond acceptors (Lipinski definition) is 3. The zero-order valence-electron chi connectivity index (χ0n) is 9.58. The van der Waals surface area contributed by atoms with Crippen molar-refractivity contribution in [1.29, 1.82) is 0 Å². The fraction of sp³-hybridized carbons (Fsp3) is 0.154. The van der Waals surface area contributed by atoms with Gasteiger partial charge in [0.15, 0.2) is 5.69 Å². The molecule has 3 rings (SSSR count). The van der Waals surface area contributed by atoms with E-state index in [4.69, 9.17) is 0 Å². The molecule has 0 spiro atoms. The molecule has 0 unspecified atom stereocenters. The van der Waals surface area contributed by atoms with Gasteiger partial charge in [0.1, 0.15) is 0 Å². The van der Waals surface area contributed by atoms with Gasteiger partial charge < -0.3 is 5.11 Å². The van der Waals surface area contributed by atoms with Crippen LogP contribution in [0.2, 0.25) is 0 Å². The van der Waals surface area contributed by atoms with Crippen LogP contribution in [-0.4, -0.2) is 25.8 Å². The Bertz CT molecular complexity index is 629. The first-order chi connectivity index (χ1) is 8.77. The van der Waals surface area contributed by atoms with Crippen LogP contribution in [0, 0.1) is 0 Å². The molecular formula is C13H11N3O2. The van der Waals surface area contributed by atoms with Gasteiger partial charge in [-0.2, -0.15) is 5.10 Å². The largest absolute Gasteiger partial charge is 0.476 e. The number of carboxylic acid groups (broad SMARTS) is 1. The second kappa shape index (κ2) is 4.10. The average Bonchev–Trinajstić information content (AvgIpc) is 2.79. The Balaban J connectivity index is 2.22. The van der Waals surface area contributed by atoms with Crippen LogP contribution in [0.1, 0.15) is 28.2 Å². The molecule has 2 aromatic rings. The van der Waals surface area contributed by atoms with Gasteiger partial charge >= 0.3 is 5.97 Å². The first kappa shape index (κ1) is 10.7. The number of carbonyl (C=O) groups is 1. The van der Waals surface area contributed by atoms with Gasteiger partial charge in [0.05, 0.1) is 11.4 Å². The summed E-state index contributed by atoms with van der Waals surface area (Å²) in [6.07, 6.45) is 8.86. The summed E-state index contributed by atoms with van der Waals surface area (Å²) >= 11 is 0. The number of nitrogens with zero attached hydrogens (tertiary/aromatic N) is 3. The SMILES string of the molecule is O=C(O)c1nn(-c2ccncc2)c2c1C=CCC2. The molecule has 90 valence electrons. The zero-order valence-corrected chi connectivity index (χ0v) is 9.58. The minimum atomic E-state index is -0.995. The van der Waals surface area contributed by atoms with Gasteiger partial charge in [0, 0.05) is 18.0 Å². The lowest BCUT2D eigenvalue weighted by atomic mass is 10.0. The lowest BCUT2D eigenvalue weighted by Gasteiger charge is -2.09. The first-order valence-electron chi connectivity index (χ1n) is 5.69. The quantitative estimate of drug-likeness (QED) is 0.872. The van der Waals surface area contributed by atoms with Crippen LogP contribution in [0.3, 0.4) is 0 Å². The van der Waals surface area contributed by atoms with E-state index in [9.17, 15) is 9.90 Å². The highest BCUT2D eigenvalue weighted by molar-refractivity contribution is 5.91. The Labute approximate surface area is 103 Å². The van der Waals surface area contributed by atoms with Crippen molar-refractivity contribution in [2.75, 3.05) is 0 Å². The second-order valence-corrected chi connectivity index (χ2v) is 4.07. The van der Waals surface area contributed by atoms with E-state index in [-0.39, 0.29) is 5.69 Å². The third-order valence-electron chi connectivity index (χ3n) is 2.96. The van der Waals surface area contributed by atoms with Gasteiger partial charge in [0.25, 0.3) is 0 Å². The third-order valence-corrected chi connectivity index (χ3v) is 2.96. The lowest BCUT2D eigenvalue weighted by Crippen LogP contribution is -2.04. The van der Waals surface area contributed by atoms with Crippen LogP contribution in [0.4, 0.5) is 0 Å². The van der Waals surface area contributed by atoms with Gasteiger partial charge in [-0.15, -0.1) is 0 Å². The monoisotopic (exact) mass is 241 g/mol. The van der Waals surface area contributed by atoms with Crippen molar-refractivity contribution in [2.45, 2.75) is 12.8 Å². The summed E-state index contributed by atoms with van der Waals surface area (Å²) in [6.45, 7) is 0. The van der Waals surface area contributed by atoms with Crippen LogP contribution in [0.25, 0.3) is 11.8 Å². The second-order valence-electron chi connectivity index (χ2n) is 4.07. The van der Waals surface area contributed by atoms with Crippen molar-refractivity contribution in [1.82, 2.24) is 14.8 Å². The van der Waals surface area contributed by atoms with Gasteiger partial charge in [0.2, 0.25) is 0 Å². The van der Waals surface area contributed by atoms with E-state index in [1.165, 1.54) is 0 Å². The molecule has 2 aromatic heterocycles. The number of allylic oxidation sites excluding steroid dienone is 1. The number of aromatic carboxylic acids is 1. The maximum Gasteiger partial charge on any atom is 0.357 e. The Morgan fingerprint density at radius 1 is 1.33 bits per heavy atom. The van der Waals surface area contributed by atoms with Crippen LogP contribution < -0.4 is 0 Å². The highest BCUT2D eigenvalue weighted by atomic mass is 16.4. The summed E-state index contributed by atoms with van der Waals surface area (Å²) in [5, 5.41) is 13.4. The van der Waals surface area contributed by atoms with Crippen molar-refractivity contribution in [3.8, 4) is 5.69 Å². The smallest absolute Gasteiger partial charge is 0.357 e. The molecule has 0 amide bonds. The van der Waals surface area contributed by atoms with Gasteiger partial charge in [-0.3, -0.25) is 4.98 Å². The molecule has 0 atom stereocenters. The van der Waals surface area contributed by atoms with E-state index in [1.807, 2.05) is 24.3 Å². The number of carboxylic acids is 1. The van der Waals surface area contributed by atoms with Gasteiger partial charge in [-0.05, 0) is 25.0 Å². The zero-order chi connectivity index (χ0) is 12.5. The molecule has 18 heavy (non-hydrogen) atoms. The molecule has 1 aliphatic rings. The molecule has 0 bridgehead atoms. The Morgan fingerprint density at radius 3 is 2.83 bits per heavy atom. The average molecular weight is 241 g/mol. The molecule has 1 aliphatic carbocycles. The van der Waals surface area contributed by atoms with Crippen molar-refractivity contribution in [3.05, 3.63) is 47.6 Å². The van der Waals surface area contributed by atoms with E-state index in [1.54, 1.807) is 17.1 Å². The van der Waals surface area contributed by atoms with Gasteiger partial charge in [-0.25, -0.2) is 9.48 Å². The molecule has 0 fully saturated rings. The van der Waals surface area contributed by atoms with Crippen LogP contribution in [0.15, 0.2) is 30.6 Å². The van der Waals surface area contributed by atoms with Crippen LogP contribution >= 0.6 is 0 Å². The van der Waals surface area contributed by atoms with E-state index in [2.05, 4.69) is 10.1 Å². The summed E-state index contributed by atoms with van der Waals surface area (Å²) in [5.74, 6) is -0.995. The maximum absolute atomic E-state index is 11.2. The predicted octanol–water partition coefficient (Wildman–Crippen LogP) is 1.92. The van der Waals surface area contributed by atoms with Crippen molar-refractivity contribution >= 4 is 12.0 Å². The summed E-state index contributed by atoms with van der Waals surface area (Å²) in [6, 6.07) is 3.63. The molecule has 0 aliphatic heterocycles. The molecular weight excluding hydrogens is 230 g/mol. The van der Waals surface area contributed by atoms with E-state index >= 15 is 0 Å². The first-order valence-corrected chi connectivity index (χ1v) is 5.69. The lowest BCUT2D eigenvalue weighted by molar-refractivity contribution is 0.0689. The highest BCUT2D eigenvalue weighted by Gasteiger charge is 2.22. The fourth-order valence-corrected chi connectivity index (χ4v) is 2.16. The van der Waals surface area contributed by atoms with Crippen molar-refractivity contribution in [2.24, 2.45) is 0 Å². The molecule has 1 N–H and O–H groups in total. The molecule has 0 radical (unpaired) electrons. The summed E-state index contributed by atoms with van der Waals surface area (Å²) in [5.41, 5.74) is 2.61. The maximum atomic E-state index is 11.2. The Kier molecular flexibility index (Phi) is 2.44. The predicted molar refractivity (Wildman–Crippen MR) is 65.7 cm³/mol. The molecule has 5 heteroatoms. The van der Waals surface area contributed by atoms with Crippen LogP contribution in [-0.2, 0) is 6.42 Å². The molecule has 0 saturated carbocycles. The molecule has 5 nitrogen and oxygen atoms in total. The van der Waals surface area contributed by atoms with Gasteiger partial charge in [-0.1, -0.05) is 12.2 Å². The number of hydrogen-bond donors (Lipinski definition) is 1. The van der Waals surface area contributed by atoms with Crippen molar-refractivity contribution in [3.63, 3.8) is 0 Å². The topological polar surface area (TPSA) is 68.0 Å². The summed E-state index contributed by atoms with van der Waals surface area (Å²) < 4.78 is 1.70. The Morgan fingerprint density at radius 2 is 2.11 bits per heavy atom. The van der Waals surface area contributed by atoms with Crippen molar-refractivity contribution < 1.29 is 9.90 Å². The number of rotatable bonds is 2. The molecule has 0 saturated heterocycles. The van der Waals surface area contributed by atoms with E-state index < -0.39 is 5.97 Å². The normalized spacial score (nSPS) is 13.3. The number of aromatic nitrogens is 3. The third kappa shape index (κ3) is 1.60. The number of fused-ring (bicyclic) bond motifs is 1. The molecule has 2 heterocycles. The summed E-state index contributed by atoms with van der Waals surface area (Å²) in [7, 11) is 0. The summed E-state index contributed by atoms with van der Waals surface area (Å²) in [4.78, 5) is 15.1.